The number of aromatic nitrogens is 1. The van der Waals surface area contributed by atoms with Crippen LogP contribution in [0.2, 0.25) is 0 Å². The van der Waals surface area contributed by atoms with E-state index in [0.29, 0.717) is 38.9 Å². The second-order valence-corrected chi connectivity index (χ2v) is 11.3. The van der Waals surface area contributed by atoms with Gasteiger partial charge in [-0.25, -0.2) is 4.98 Å². The molecule has 6 heteroatoms. The van der Waals surface area contributed by atoms with Crippen molar-refractivity contribution in [1.29, 1.82) is 0 Å². The summed E-state index contributed by atoms with van der Waals surface area (Å²) in [6, 6.07) is 42.7. The number of rotatable bonds is 14. The zero-order chi connectivity index (χ0) is 30.7. The van der Waals surface area contributed by atoms with Crippen LogP contribution < -0.4 is 4.74 Å². The maximum absolute atomic E-state index is 6.76. The maximum Gasteiger partial charge on any atom is 0.216 e. The number of ether oxygens (including phenoxy) is 5. The van der Waals surface area contributed by atoms with Crippen LogP contribution in [0.3, 0.4) is 0 Å². The van der Waals surface area contributed by atoms with E-state index in [-0.39, 0.29) is 12.2 Å². The molecule has 0 amide bonds. The van der Waals surface area contributed by atoms with Gasteiger partial charge in [-0.1, -0.05) is 121 Å². The molecule has 5 aromatic rings. The third-order valence-corrected chi connectivity index (χ3v) is 7.87. The first-order valence-corrected chi connectivity index (χ1v) is 15.4. The molecule has 2 heterocycles. The first-order valence-electron chi connectivity index (χ1n) is 15.4. The summed E-state index contributed by atoms with van der Waals surface area (Å²) in [5, 5.41) is 0. The van der Waals surface area contributed by atoms with Crippen LogP contribution in [-0.4, -0.2) is 29.9 Å². The summed E-state index contributed by atoms with van der Waals surface area (Å²) in [6.07, 6.45) is 0.311. The molecule has 1 aliphatic heterocycles. The molecule has 0 bridgehead atoms. The normalized spacial score (nSPS) is 19.4. The van der Waals surface area contributed by atoms with Gasteiger partial charge in [-0.2, -0.15) is 0 Å². The van der Waals surface area contributed by atoms with E-state index in [2.05, 4.69) is 42.5 Å². The molecular weight excluding hydrogens is 562 g/mol. The minimum Gasteiger partial charge on any atom is -0.473 e. The van der Waals surface area contributed by atoms with Crippen LogP contribution in [0.25, 0.3) is 0 Å². The van der Waals surface area contributed by atoms with E-state index in [4.69, 9.17) is 28.7 Å². The predicted octanol–water partition coefficient (Wildman–Crippen LogP) is 7.80. The molecule has 0 radical (unpaired) electrons. The highest BCUT2D eigenvalue weighted by Crippen LogP contribution is 2.39. The minimum absolute atomic E-state index is 0.350. The van der Waals surface area contributed by atoms with E-state index in [1.807, 2.05) is 98.0 Å². The van der Waals surface area contributed by atoms with Crippen molar-refractivity contribution in [2.45, 2.75) is 57.8 Å². The molecule has 0 saturated carbocycles. The molecule has 0 N–H and O–H groups in total. The van der Waals surface area contributed by atoms with Gasteiger partial charge in [-0.05, 0) is 35.2 Å². The molecule has 4 atom stereocenters. The van der Waals surface area contributed by atoms with Crippen LogP contribution in [0.5, 0.6) is 5.88 Å². The number of benzene rings is 4. The number of aryl methyl sites for hydroxylation is 1. The predicted molar refractivity (Wildman–Crippen MR) is 173 cm³/mol. The summed E-state index contributed by atoms with van der Waals surface area (Å²) in [5.74, 6) is 0.599. The molecule has 230 valence electrons. The van der Waals surface area contributed by atoms with Crippen LogP contribution in [0.15, 0.2) is 134 Å². The second-order valence-electron chi connectivity index (χ2n) is 11.3. The van der Waals surface area contributed by atoms with Crippen molar-refractivity contribution < 1.29 is 23.7 Å². The summed E-state index contributed by atoms with van der Waals surface area (Å²) in [5.41, 5.74) is 6.21. The molecule has 6 rings (SSSR count). The zero-order valence-corrected chi connectivity index (χ0v) is 25.5. The zero-order valence-electron chi connectivity index (χ0n) is 25.5. The lowest BCUT2D eigenvalue weighted by Gasteiger charge is -2.25. The Morgan fingerprint density at radius 2 is 1.09 bits per heavy atom. The lowest BCUT2D eigenvalue weighted by atomic mass is 10.0. The van der Waals surface area contributed by atoms with Gasteiger partial charge in [0.25, 0.3) is 0 Å². The van der Waals surface area contributed by atoms with Gasteiger partial charge in [0.05, 0.1) is 26.4 Å². The molecule has 0 unspecified atom stereocenters. The summed E-state index contributed by atoms with van der Waals surface area (Å²) in [6.45, 7) is 4.17. The Morgan fingerprint density at radius 3 is 1.62 bits per heavy atom. The molecule has 4 aromatic carbocycles. The summed E-state index contributed by atoms with van der Waals surface area (Å²) < 4.78 is 32.3. The summed E-state index contributed by atoms with van der Waals surface area (Å²) in [4.78, 5) is 4.71. The fraction of sp³-hybridized carbons (Fsp3) is 0.256. The average Bonchev–Trinajstić information content (AvgIpc) is 3.44. The largest absolute Gasteiger partial charge is 0.473 e. The number of hydrogen-bond acceptors (Lipinski definition) is 6. The van der Waals surface area contributed by atoms with Crippen molar-refractivity contribution in [2.75, 3.05) is 6.61 Å². The molecule has 1 saturated heterocycles. The Balaban J connectivity index is 1.24. The van der Waals surface area contributed by atoms with Crippen LogP contribution >= 0.6 is 0 Å². The molecule has 0 aliphatic carbocycles. The molecule has 6 nitrogen and oxygen atoms in total. The van der Waals surface area contributed by atoms with Gasteiger partial charge < -0.3 is 23.7 Å². The molecule has 1 fully saturated rings. The lowest BCUT2D eigenvalue weighted by molar-refractivity contribution is -0.0898. The van der Waals surface area contributed by atoms with Gasteiger partial charge in [0, 0.05) is 17.3 Å². The molecule has 0 spiro atoms. The Bertz CT molecular complexity index is 1580. The Labute approximate surface area is 265 Å². The fourth-order valence-corrected chi connectivity index (χ4v) is 5.53. The molecule has 1 aliphatic rings. The third-order valence-electron chi connectivity index (χ3n) is 7.87. The lowest BCUT2D eigenvalue weighted by Crippen LogP contribution is -2.37. The van der Waals surface area contributed by atoms with Crippen LogP contribution in [0, 0.1) is 6.92 Å². The first kappa shape index (κ1) is 30.7. The van der Waals surface area contributed by atoms with E-state index in [1.165, 1.54) is 0 Å². The second kappa shape index (κ2) is 15.6. The van der Waals surface area contributed by atoms with E-state index in [1.54, 1.807) is 0 Å². The first-order chi connectivity index (χ1) is 22.2. The highest BCUT2D eigenvalue weighted by Gasteiger charge is 2.47. The van der Waals surface area contributed by atoms with E-state index < -0.39 is 12.2 Å². The highest BCUT2D eigenvalue weighted by molar-refractivity contribution is 5.31. The Kier molecular flexibility index (Phi) is 10.6. The number of hydrogen-bond donors (Lipinski definition) is 0. The number of nitrogens with zero attached hydrogens (tertiary/aromatic N) is 1. The summed E-state index contributed by atoms with van der Waals surface area (Å²) in [7, 11) is 0. The standard InChI is InChI=1S/C39H39NO5/c1-29-22-34(23-40-39(29)44-27-33-20-12-5-13-21-33)36-38(43-26-32-18-10-4-11-19-32)37(42-25-31-16-8-3-9-17-31)35(45-36)28-41-24-30-14-6-2-7-15-30/h2-23,35-38H,24-28H2,1H3/t35-,36+,37-,38+/m1/s1. The Morgan fingerprint density at radius 1 is 0.600 bits per heavy atom. The summed E-state index contributed by atoms with van der Waals surface area (Å²) >= 11 is 0. The topological polar surface area (TPSA) is 59.0 Å². The van der Waals surface area contributed by atoms with Crippen molar-refractivity contribution in [2.24, 2.45) is 0 Å². The van der Waals surface area contributed by atoms with Gasteiger partial charge in [-0.3, -0.25) is 0 Å². The van der Waals surface area contributed by atoms with E-state index >= 15 is 0 Å². The van der Waals surface area contributed by atoms with Crippen molar-refractivity contribution in [3.8, 4) is 5.88 Å². The van der Waals surface area contributed by atoms with Gasteiger partial charge in [0.2, 0.25) is 5.88 Å². The average molecular weight is 602 g/mol. The van der Waals surface area contributed by atoms with Gasteiger partial charge >= 0.3 is 0 Å². The van der Waals surface area contributed by atoms with Crippen LogP contribution in [-0.2, 0) is 45.4 Å². The van der Waals surface area contributed by atoms with Crippen molar-refractivity contribution in [3.63, 3.8) is 0 Å². The third kappa shape index (κ3) is 8.44. The van der Waals surface area contributed by atoms with Gasteiger partial charge in [0.1, 0.15) is 31.0 Å². The van der Waals surface area contributed by atoms with Crippen molar-refractivity contribution >= 4 is 0 Å². The van der Waals surface area contributed by atoms with Crippen LogP contribution in [0.1, 0.15) is 39.5 Å². The highest BCUT2D eigenvalue weighted by atomic mass is 16.6. The van der Waals surface area contributed by atoms with E-state index in [0.717, 1.165) is 33.4 Å². The quantitative estimate of drug-likeness (QED) is 0.129. The van der Waals surface area contributed by atoms with Gasteiger partial charge in [-0.15, -0.1) is 0 Å². The van der Waals surface area contributed by atoms with E-state index in [9.17, 15) is 0 Å². The fourth-order valence-electron chi connectivity index (χ4n) is 5.53. The van der Waals surface area contributed by atoms with Crippen molar-refractivity contribution in [1.82, 2.24) is 4.98 Å². The molecule has 1 aromatic heterocycles. The van der Waals surface area contributed by atoms with Crippen LogP contribution in [0.4, 0.5) is 0 Å². The van der Waals surface area contributed by atoms with Gasteiger partial charge in [0.15, 0.2) is 0 Å². The minimum atomic E-state index is -0.408. The maximum atomic E-state index is 6.76. The monoisotopic (exact) mass is 601 g/mol. The molecule has 45 heavy (non-hydrogen) atoms. The SMILES string of the molecule is Cc1cc([C@@H]2O[C@H](COCc3ccccc3)[C@@H](OCc3ccccc3)[C@H]2OCc2ccccc2)cnc1OCc1ccccc1. The van der Waals surface area contributed by atoms with Crippen molar-refractivity contribution in [3.05, 3.63) is 167 Å². The Hall–Kier alpha value is -4.33. The smallest absolute Gasteiger partial charge is 0.216 e. The molecular formula is C39H39NO5. The number of pyridine rings is 1.